The third kappa shape index (κ3) is 3.86. The Balaban J connectivity index is 1.71. The number of fused-ring (bicyclic) bond motifs is 1. The number of thioether (sulfide) groups is 1. The Labute approximate surface area is 176 Å². The maximum absolute atomic E-state index is 12.8. The molecule has 0 bridgehead atoms. The number of esters is 1. The molecular weight excluding hydrogens is 404 g/mol. The molecule has 10 heteroatoms. The summed E-state index contributed by atoms with van der Waals surface area (Å²) in [7, 11) is 1.81. The first-order chi connectivity index (χ1) is 14.6. The highest BCUT2D eigenvalue weighted by molar-refractivity contribution is 7.99. The van der Waals surface area contributed by atoms with E-state index >= 15 is 0 Å². The van der Waals surface area contributed by atoms with E-state index in [-0.39, 0.29) is 12.6 Å². The van der Waals surface area contributed by atoms with Gasteiger partial charge in [-0.2, -0.15) is 5.10 Å². The lowest BCUT2D eigenvalue weighted by Crippen LogP contribution is -2.46. The van der Waals surface area contributed by atoms with E-state index in [4.69, 9.17) is 4.74 Å². The van der Waals surface area contributed by atoms with Gasteiger partial charge in [-0.05, 0) is 12.5 Å². The van der Waals surface area contributed by atoms with E-state index in [0.29, 0.717) is 27.7 Å². The quantitative estimate of drug-likeness (QED) is 0.355. The van der Waals surface area contributed by atoms with Crippen LogP contribution in [0.3, 0.4) is 0 Å². The van der Waals surface area contributed by atoms with Gasteiger partial charge in [0.05, 0.1) is 29.8 Å². The van der Waals surface area contributed by atoms with Crippen molar-refractivity contribution in [2.75, 3.05) is 12.4 Å². The van der Waals surface area contributed by atoms with Crippen molar-refractivity contribution in [3.05, 3.63) is 59.7 Å². The molecule has 2 amide bonds. The third-order valence-corrected chi connectivity index (χ3v) is 5.66. The number of hydrogen-bond acceptors (Lipinski definition) is 7. The molecule has 0 saturated carbocycles. The summed E-state index contributed by atoms with van der Waals surface area (Å²) in [5.41, 5.74) is 2.39. The van der Waals surface area contributed by atoms with Crippen molar-refractivity contribution < 1.29 is 14.3 Å². The van der Waals surface area contributed by atoms with Crippen LogP contribution in [0.25, 0.3) is 11.0 Å². The van der Waals surface area contributed by atoms with Crippen LogP contribution in [-0.2, 0) is 16.6 Å². The molecule has 3 heterocycles. The van der Waals surface area contributed by atoms with Crippen LogP contribution in [0.4, 0.5) is 4.79 Å². The lowest BCUT2D eigenvalue weighted by Gasteiger charge is -2.29. The Hall–Kier alpha value is -3.40. The van der Waals surface area contributed by atoms with Crippen LogP contribution in [0.15, 0.2) is 59.2 Å². The van der Waals surface area contributed by atoms with Crippen molar-refractivity contribution in [2.45, 2.75) is 18.0 Å². The highest BCUT2D eigenvalue weighted by Crippen LogP contribution is 2.31. The maximum atomic E-state index is 12.8. The minimum absolute atomic E-state index is 0.237. The van der Waals surface area contributed by atoms with Gasteiger partial charge in [-0.25, -0.2) is 19.6 Å². The minimum Gasteiger partial charge on any atom is -0.463 e. The SMILES string of the molecule is CCOC(=O)C1=C(CSc2ncnc3c2cnn3C)NC(=O)NC1c1ccccc1. The average molecular weight is 424 g/mol. The molecule has 154 valence electrons. The molecule has 3 aromatic rings. The van der Waals surface area contributed by atoms with Crippen molar-refractivity contribution in [3.63, 3.8) is 0 Å². The number of hydrogen-bond donors (Lipinski definition) is 2. The first-order valence-electron chi connectivity index (χ1n) is 9.36. The molecule has 2 N–H and O–H groups in total. The number of amides is 2. The van der Waals surface area contributed by atoms with Crippen molar-refractivity contribution in [1.29, 1.82) is 0 Å². The number of urea groups is 1. The molecule has 4 rings (SSSR count). The second-order valence-corrected chi connectivity index (χ2v) is 7.49. The first-order valence-corrected chi connectivity index (χ1v) is 10.3. The number of carbonyl (C=O) groups is 2. The molecule has 1 aliphatic heterocycles. The summed E-state index contributed by atoms with van der Waals surface area (Å²) >= 11 is 1.40. The van der Waals surface area contributed by atoms with Gasteiger partial charge in [-0.3, -0.25) is 4.68 Å². The molecule has 1 unspecified atom stereocenters. The highest BCUT2D eigenvalue weighted by Gasteiger charge is 2.33. The van der Waals surface area contributed by atoms with E-state index in [1.807, 2.05) is 37.4 Å². The van der Waals surface area contributed by atoms with E-state index in [0.717, 1.165) is 10.9 Å². The zero-order chi connectivity index (χ0) is 21.1. The molecule has 0 spiro atoms. The van der Waals surface area contributed by atoms with E-state index in [1.165, 1.54) is 18.1 Å². The number of benzene rings is 1. The van der Waals surface area contributed by atoms with E-state index in [9.17, 15) is 9.59 Å². The fourth-order valence-electron chi connectivity index (χ4n) is 3.27. The van der Waals surface area contributed by atoms with Gasteiger partial charge < -0.3 is 15.4 Å². The van der Waals surface area contributed by atoms with Crippen molar-refractivity contribution in [3.8, 4) is 0 Å². The fraction of sp³-hybridized carbons (Fsp3) is 0.250. The van der Waals surface area contributed by atoms with Gasteiger partial charge in [0.25, 0.3) is 0 Å². The second kappa shape index (κ2) is 8.54. The summed E-state index contributed by atoms with van der Waals surface area (Å²) in [6.45, 7) is 1.99. The molecule has 1 atom stereocenters. The van der Waals surface area contributed by atoms with Crippen molar-refractivity contribution in [1.82, 2.24) is 30.4 Å². The molecule has 1 aromatic carbocycles. The Morgan fingerprint density at radius 2 is 2.07 bits per heavy atom. The minimum atomic E-state index is -0.599. The third-order valence-electron chi connectivity index (χ3n) is 4.63. The smallest absolute Gasteiger partial charge is 0.338 e. The fourth-order valence-corrected chi connectivity index (χ4v) is 4.20. The van der Waals surface area contributed by atoms with Crippen LogP contribution in [0.5, 0.6) is 0 Å². The molecule has 0 aliphatic carbocycles. The molecule has 0 fully saturated rings. The van der Waals surface area contributed by atoms with Crippen LogP contribution in [0.2, 0.25) is 0 Å². The lowest BCUT2D eigenvalue weighted by molar-refractivity contribution is -0.139. The Morgan fingerprint density at radius 1 is 1.27 bits per heavy atom. The lowest BCUT2D eigenvalue weighted by atomic mass is 9.95. The molecular formula is C20H20N6O3S. The van der Waals surface area contributed by atoms with Crippen LogP contribution in [-0.4, -0.2) is 44.1 Å². The summed E-state index contributed by atoms with van der Waals surface area (Å²) in [4.78, 5) is 33.7. The summed E-state index contributed by atoms with van der Waals surface area (Å²) in [6.07, 6.45) is 3.17. The zero-order valence-electron chi connectivity index (χ0n) is 16.5. The van der Waals surface area contributed by atoms with Gasteiger partial charge in [-0.1, -0.05) is 42.1 Å². The number of aryl methyl sites for hydroxylation is 1. The summed E-state index contributed by atoms with van der Waals surface area (Å²) in [5, 5.41) is 11.3. The van der Waals surface area contributed by atoms with Crippen molar-refractivity contribution >= 4 is 34.8 Å². The van der Waals surface area contributed by atoms with Crippen LogP contribution in [0.1, 0.15) is 18.5 Å². The van der Waals surface area contributed by atoms with Gasteiger partial charge in [0.15, 0.2) is 5.65 Å². The Bertz CT molecular complexity index is 1130. The molecule has 0 saturated heterocycles. The van der Waals surface area contributed by atoms with Gasteiger partial charge >= 0.3 is 12.0 Å². The zero-order valence-corrected chi connectivity index (χ0v) is 17.3. The van der Waals surface area contributed by atoms with E-state index < -0.39 is 12.0 Å². The normalized spacial score (nSPS) is 16.3. The number of ether oxygens (including phenoxy) is 1. The molecule has 1 aliphatic rings. The van der Waals surface area contributed by atoms with Gasteiger partial charge in [0, 0.05) is 18.5 Å². The summed E-state index contributed by atoms with van der Waals surface area (Å²) in [6, 6.07) is 8.36. The summed E-state index contributed by atoms with van der Waals surface area (Å²) < 4.78 is 6.96. The monoisotopic (exact) mass is 424 g/mol. The van der Waals surface area contributed by atoms with E-state index in [1.54, 1.807) is 17.8 Å². The topological polar surface area (TPSA) is 111 Å². The van der Waals surface area contributed by atoms with Gasteiger partial charge in [0.1, 0.15) is 11.4 Å². The number of aromatic nitrogens is 4. The molecule has 9 nitrogen and oxygen atoms in total. The van der Waals surface area contributed by atoms with Crippen LogP contribution >= 0.6 is 11.8 Å². The van der Waals surface area contributed by atoms with E-state index in [2.05, 4.69) is 25.7 Å². The van der Waals surface area contributed by atoms with Crippen LogP contribution in [0, 0.1) is 0 Å². The van der Waals surface area contributed by atoms with Gasteiger partial charge in [0.2, 0.25) is 0 Å². The average Bonchev–Trinajstić information content (AvgIpc) is 3.14. The maximum Gasteiger partial charge on any atom is 0.338 e. The van der Waals surface area contributed by atoms with Crippen LogP contribution < -0.4 is 10.6 Å². The molecule has 2 aromatic heterocycles. The second-order valence-electron chi connectivity index (χ2n) is 6.53. The summed E-state index contributed by atoms with van der Waals surface area (Å²) in [5.74, 6) is -0.144. The molecule has 30 heavy (non-hydrogen) atoms. The Kier molecular flexibility index (Phi) is 5.66. The Morgan fingerprint density at radius 3 is 2.83 bits per heavy atom. The number of carbonyl (C=O) groups excluding carboxylic acids is 2. The number of rotatable bonds is 6. The van der Waals surface area contributed by atoms with Crippen molar-refractivity contribution in [2.24, 2.45) is 7.05 Å². The standard InChI is InChI=1S/C20H20N6O3S/c1-3-29-19(27)15-14(24-20(28)25-16(15)12-7-5-4-6-8-12)10-30-18-13-9-23-26(2)17(13)21-11-22-18/h4-9,11,16H,3,10H2,1-2H3,(H2,24,25,28). The predicted molar refractivity (Wildman–Crippen MR) is 112 cm³/mol. The first kappa shape index (κ1) is 19.9. The molecule has 0 radical (unpaired) electrons. The highest BCUT2D eigenvalue weighted by atomic mass is 32.2. The van der Waals surface area contributed by atoms with Gasteiger partial charge in [-0.15, -0.1) is 0 Å². The largest absolute Gasteiger partial charge is 0.463 e. The number of nitrogens with one attached hydrogen (secondary N) is 2. The number of nitrogens with zero attached hydrogens (tertiary/aromatic N) is 4. The predicted octanol–water partition coefficient (Wildman–Crippen LogP) is 2.33.